The Morgan fingerprint density at radius 2 is 1.89 bits per heavy atom. The molecule has 0 unspecified atom stereocenters. The summed E-state index contributed by atoms with van der Waals surface area (Å²) < 4.78 is 41.1. The monoisotopic (exact) mass is 261 g/mol. The molecule has 5 heteroatoms. The highest BCUT2D eigenvalue weighted by molar-refractivity contribution is 5.35. The van der Waals surface area contributed by atoms with Crippen LogP contribution in [-0.4, -0.2) is 25.9 Å². The summed E-state index contributed by atoms with van der Waals surface area (Å²) in [5, 5.41) is 2.29. The Kier molecular flexibility index (Phi) is 5.47. The normalized spacial score (nSPS) is 11.9. The lowest BCUT2D eigenvalue weighted by Gasteiger charge is -2.14. The Hall–Kier alpha value is -1.23. The third-order valence-corrected chi connectivity index (χ3v) is 2.40. The number of hydrogen-bond donors (Lipinski definition) is 1. The number of para-hydroxylation sites is 1. The van der Waals surface area contributed by atoms with Gasteiger partial charge in [0.05, 0.1) is 6.54 Å². The molecule has 0 saturated carbocycles. The topological polar surface area (TPSA) is 21.3 Å². The van der Waals surface area contributed by atoms with Gasteiger partial charge in [0.2, 0.25) is 0 Å². The van der Waals surface area contributed by atoms with Crippen LogP contribution in [0.3, 0.4) is 0 Å². The van der Waals surface area contributed by atoms with E-state index in [0.29, 0.717) is 5.92 Å². The predicted octanol–water partition coefficient (Wildman–Crippen LogP) is 3.34. The molecule has 0 aliphatic carbocycles. The molecule has 1 rings (SSSR count). The Morgan fingerprint density at radius 1 is 1.22 bits per heavy atom. The molecule has 0 aromatic heterocycles. The van der Waals surface area contributed by atoms with Crippen molar-refractivity contribution < 1.29 is 17.9 Å². The van der Waals surface area contributed by atoms with Gasteiger partial charge in [-0.15, -0.1) is 0 Å². The van der Waals surface area contributed by atoms with E-state index in [-0.39, 0.29) is 13.2 Å². The number of hydrogen-bond acceptors (Lipinski definition) is 2. The van der Waals surface area contributed by atoms with Crippen molar-refractivity contribution in [3.05, 3.63) is 29.8 Å². The van der Waals surface area contributed by atoms with Crippen molar-refractivity contribution in [1.82, 2.24) is 5.32 Å². The van der Waals surface area contributed by atoms with E-state index >= 15 is 0 Å². The first-order chi connectivity index (χ1) is 8.40. The van der Waals surface area contributed by atoms with Gasteiger partial charge < -0.3 is 10.1 Å². The maximum atomic E-state index is 11.9. The zero-order valence-corrected chi connectivity index (χ0v) is 10.6. The molecule has 2 nitrogen and oxygen atoms in total. The van der Waals surface area contributed by atoms with Crippen molar-refractivity contribution >= 4 is 0 Å². The van der Waals surface area contributed by atoms with Crippen molar-refractivity contribution in [1.29, 1.82) is 0 Å². The zero-order chi connectivity index (χ0) is 13.6. The summed E-state index contributed by atoms with van der Waals surface area (Å²) in [5.41, 5.74) is 1.06. The first-order valence-corrected chi connectivity index (χ1v) is 5.89. The van der Waals surface area contributed by atoms with Crippen LogP contribution >= 0.6 is 0 Å². The minimum Gasteiger partial charge on any atom is -0.492 e. The summed E-state index contributed by atoms with van der Waals surface area (Å²) in [4.78, 5) is 0. The zero-order valence-electron chi connectivity index (χ0n) is 10.6. The van der Waals surface area contributed by atoms with Crippen molar-refractivity contribution in [2.24, 2.45) is 0 Å². The Morgan fingerprint density at radius 3 is 2.50 bits per heavy atom. The van der Waals surface area contributed by atoms with Crippen LogP contribution in [0.2, 0.25) is 0 Å². The van der Waals surface area contributed by atoms with Gasteiger partial charge in [-0.05, 0) is 17.5 Å². The molecule has 0 aliphatic rings. The third-order valence-electron chi connectivity index (χ3n) is 2.40. The molecule has 0 fully saturated rings. The largest absolute Gasteiger partial charge is 0.492 e. The van der Waals surface area contributed by atoms with Crippen LogP contribution in [0, 0.1) is 0 Å². The van der Waals surface area contributed by atoms with Crippen LogP contribution in [0.4, 0.5) is 13.2 Å². The second-order valence-electron chi connectivity index (χ2n) is 4.33. The molecule has 0 heterocycles. The van der Waals surface area contributed by atoms with Gasteiger partial charge >= 0.3 is 6.18 Å². The first-order valence-electron chi connectivity index (χ1n) is 5.89. The van der Waals surface area contributed by atoms with Crippen LogP contribution in [0.5, 0.6) is 5.75 Å². The maximum absolute atomic E-state index is 11.9. The van der Waals surface area contributed by atoms with E-state index in [0.717, 1.165) is 11.3 Å². The molecule has 1 N–H and O–H groups in total. The molecule has 0 radical (unpaired) electrons. The Labute approximate surface area is 105 Å². The quantitative estimate of drug-likeness (QED) is 0.793. The summed E-state index contributed by atoms with van der Waals surface area (Å²) in [7, 11) is 0. The van der Waals surface area contributed by atoms with Gasteiger partial charge in [-0.3, -0.25) is 0 Å². The van der Waals surface area contributed by atoms with E-state index in [2.05, 4.69) is 5.32 Å². The van der Waals surface area contributed by atoms with Crippen molar-refractivity contribution in [3.63, 3.8) is 0 Å². The van der Waals surface area contributed by atoms with Crippen molar-refractivity contribution in [3.8, 4) is 5.75 Å². The van der Waals surface area contributed by atoms with E-state index in [1.165, 1.54) is 0 Å². The van der Waals surface area contributed by atoms with Gasteiger partial charge in [0, 0.05) is 6.54 Å². The molecule has 0 saturated heterocycles. The average molecular weight is 261 g/mol. The van der Waals surface area contributed by atoms with E-state index in [1.807, 2.05) is 38.1 Å². The summed E-state index contributed by atoms with van der Waals surface area (Å²) in [5.74, 6) is 1.06. The van der Waals surface area contributed by atoms with Crippen molar-refractivity contribution in [2.45, 2.75) is 25.9 Å². The van der Waals surface area contributed by atoms with Gasteiger partial charge in [-0.2, -0.15) is 13.2 Å². The lowest BCUT2D eigenvalue weighted by molar-refractivity contribution is -0.124. The number of nitrogens with one attached hydrogen (secondary N) is 1. The van der Waals surface area contributed by atoms with Crippen LogP contribution < -0.4 is 10.1 Å². The SMILES string of the molecule is CC(C)c1ccccc1OCCNCC(F)(F)F. The smallest absolute Gasteiger partial charge is 0.401 e. The van der Waals surface area contributed by atoms with E-state index in [4.69, 9.17) is 4.74 Å². The average Bonchev–Trinajstić information content (AvgIpc) is 2.27. The van der Waals surface area contributed by atoms with Gasteiger partial charge in [0.25, 0.3) is 0 Å². The highest BCUT2D eigenvalue weighted by Gasteiger charge is 2.25. The second-order valence-corrected chi connectivity index (χ2v) is 4.33. The second kappa shape index (κ2) is 6.64. The number of halogens is 3. The highest BCUT2D eigenvalue weighted by Crippen LogP contribution is 2.25. The predicted molar refractivity (Wildman–Crippen MR) is 65.0 cm³/mol. The summed E-state index contributed by atoms with van der Waals surface area (Å²) in [6.07, 6.45) is -4.17. The molecule has 0 bridgehead atoms. The fourth-order valence-corrected chi connectivity index (χ4v) is 1.55. The number of benzene rings is 1. The van der Waals surface area contributed by atoms with Gasteiger partial charge in [0.15, 0.2) is 0 Å². The first kappa shape index (κ1) is 14.8. The van der Waals surface area contributed by atoms with Crippen molar-refractivity contribution in [2.75, 3.05) is 19.7 Å². The molecular weight excluding hydrogens is 243 g/mol. The molecule has 1 aromatic carbocycles. The number of alkyl halides is 3. The van der Waals surface area contributed by atoms with Crippen LogP contribution in [0.25, 0.3) is 0 Å². The van der Waals surface area contributed by atoms with Crippen LogP contribution in [0.15, 0.2) is 24.3 Å². The molecule has 0 aliphatic heterocycles. The highest BCUT2D eigenvalue weighted by atomic mass is 19.4. The lowest BCUT2D eigenvalue weighted by atomic mass is 10.0. The Balaban J connectivity index is 2.36. The molecule has 18 heavy (non-hydrogen) atoms. The third kappa shape index (κ3) is 5.40. The molecule has 1 aromatic rings. The Bertz CT molecular complexity index is 363. The standard InChI is InChI=1S/C13H18F3NO/c1-10(2)11-5-3-4-6-12(11)18-8-7-17-9-13(14,15)16/h3-6,10,17H,7-9H2,1-2H3. The number of ether oxygens (including phenoxy) is 1. The van der Waals surface area contributed by atoms with Gasteiger partial charge in [-0.25, -0.2) is 0 Å². The van der Waals surface area contributed by atoms with E-state index in [9.17, 15) is 13.2 Å². The summed E-state index contributed by atoms with van der Waals surface area (Å²) in [6, 6.07) is 7.57. The fourth-order valence-electron chi connectivity index (χ4n) is 1.55. The van der Waals surface area contributed by atoms with Gasteiger partial charge in [-0.1, -0.05) is 32.0 Å². The molecule has 0 atom stereocenters. The molecule has 0 amide bonds. The van der Waals surface area contributed by atoms with Crippen LogP contribution in [-0.2, 0) is 0 Å². The minimum atomic E-state index is -4.17. The maximum Gasteiger partial charge on any atom is 0.401 e. The van der Waals surface area contributed by atoms with E-state index in [1.54, 1.807) is 0 Å². The molecular formula is C13H18F3NO. The number of rotatable bonds is 6. The molecule has 0 spiro atoms. The van der Waals surface area contributed by atoms with E-state index < -0.39 is 12.7 Å². The van der Waals surface area contributed by atoms with Crippen LogP contribution in [0.1, 0.15) is 25.3 Å². The fraction of sp³-hybridized carbons (Fsp3) is 0.538. The molecule has 102 valence electrons. The minimum absolute atomic E-state index is 0.173. The van der Waals surface area contributed by atoms with Gasteiger partial charge in [0.1, 0.15) is 12.4 Å². The summed E-state index contributed by atoms with van der Waals surface area (Å²) in [6.45, 7) is 3.50. The summed E-state index contributed by atoms with van der Waals surface area (Å²) >= 11 is 0. The lowest BCUT2D eigenvalue weighted by Crippen LogP contribution is -2.31.